The molecule has 0 unspecified atom stereocenters. The molecule has 1 N–H and O–H groups in total. The Kier molecular flexibility index (Phi) is 3.71. The van der Waals surface area contributed by atoms with Gasteiger partial charge in [-0.05, 0) is 20.3 Å². The topological polar surface area (TPSA) is 37.8 Å². The van der Waals surface area contributed by atoms with Gasteiger partial charge in [0.1, 0.15) is 0 Å². The van der Waals surface area contributed by atoms with Crippen molar-refractivity contribution in [1.29, 1.82) is 0 Å². The van der Waals surface area contributed by atoms with E-state index in [-0.39, 0.29) is 5.54 Å². The van der Waals surface area contributed by atoms with E-state index in [2.05, 4.69) is 36.3 Å². The second-order valence-electron chi connectivity index (χ2n) is 5.14. The molecule has 0 bridgehead atoms. The first-order valence-corrected chi connectivity index (χ1v) is 6.60. The molecule has 3 nitrogen and oxygen atoms in total. The van der Waals surface area contributed by atoms with Gasteiger partial charge in [-0.1, -0.05) is 49.2 Å². The predicted octanol–water partition coefficient (Wildman–Crippen LogP) is 4.27. The van der Waals surface area contributed by atoms with Crippen LogP contribution >= 0.6 is 11.6 Å². The van der Waals surface area contributed by atoms with Crippen molar-refractivity contribution in [3.8, 4) is 0 Å². The molecule has 2 rings (SSSR count). The van der Waals surface area contributed by atoms with Gasteiger partial charge in [0, 0.05) is 16.3 Å². The third-order valence-electron chi connectivity index (χ3n) is 2.97. The maximum Gasteiger partial charge on any atom is 0.159 e. The molecule has 0 saturated carbocycles. The number of benzene rings is 1. The molecule has 0 aliphatic heterocycles. The van der Waals surface area contributed by atoms with Crippen LogP contribution in [0.1, 0.15) is 33.6 Å². The average Bonchev–Trinajstić information content (AvgIpc) is 2.33. The Bertz CT molecular complexity index is 552. The molecule has 4 heteroatoms. The summed E-state index contributed by atoms with van der Waals surface area (Å²) in [5.74, 6) is 0.799. The van der Waals surface area contributed by atoms with E-state index in [4.69, 9.17) is 11.6 Å². The lowest BCUT2D eigenvalue weighted by atomic mass is 9.98. The Morgan fingerprint density at radius 1 is 1.17 bits per heavy atom. The third kappa shape index (κ3) is 2.72. The van der Waals surface area contributed by atoms with Gasteiger partial charge in [-0.25, -0.2) is 0 Å². The van der Waals surface area contributed by atoms with Gasteiger partial charge in [-0.3, -0.25) is 0 Å². The van der Waals surface area contributed by atoms with E-state index in [0.717, 1.165) is 29.4 Å². The van der Waals surface area contributed by atoms with Crippen molar-refractivity contribution in [2.75, 3.05) is 5.32 Å². The fourth-order valence-corrected chi connectivity index (χ4v) is 2.37. The number of nitrogens with one attached hydrogen (secondary N) is 1. The second-order valence-corrected chi connectivity index (χ2v) is 5.50. The molecular formula is C14H18ClN3. The van der Waals surface area contributed by atoms with Gasteiger partial charge >= 0.3 is 0 Å². The number of halogens is 1. The third-order valence-corrected chi connectivity index (χ3v) is 3.25. The summed E-state index contributed by atoms with van der Waals surface area (Å²) in [5.41, 5.74) is 0.0000307. The van der Waals surface area contributed by atoms with Crippen LogP contribution in [0.4, 0.5) is 5.82 Å². The first kappa shape index (κ1) is 13.1. The van der Waals surface area contributed by atoms with Gasteiger partial charge in [0.15, 0.2) is 11.0 Å². The monoisotopic (exact) mass is 263 g/mol. The number of rotatable bonds is 4. The molecule has 0 aliphatic rings. The predicted molar refractivity (Wildman–Crippen MR) is 77.2 cm³/mol. The van der Waals surface area contributed by atoms with Crippen molar-refractivity contribution in [3.05, 3.63) is 29.4 Å². The molecule has 0 saturated heterocycles. The fraction of sp³-hybridized carbons (Fsp3) is 0.429. The van der Waals surface area contributed by atoms with Crippen molar-refractivity contribution in [2.45, 2.75) is 39.2 Å². The molecule has 1 aromatic heterocycles. The van der Waals surface area contributed by atoms with Gasteiger partial charge in [0.2, 0.25) is 0 Å². The lowest BCUT2D eigenvalue weighted by molar-refractivity contribution is 0.509. The Balaban J connectivity index is 2.43. The van der Waals surface area contributed by atoms with Crippen LogP contribution in [0.25, 0.3) is 10.8 Å². The maximum absolute atomic E-state index is 6.06. The van der Waals surface area contributed by atoms with Gasteiger partial charge in [0.05, 0.1) is 0 Å². The first-order chi connectivity index (χ1) is 8.53. The van der Waals surface area contributed by atoms with Crippen LogP contribution in [0.2, 0.25) is 5.15 Å². The minimum Gasteiger partial charge on any atom is -0.363 e. The minimum atomic E-state index is 0.0000307. The van der Waals surface area contributed by atoms with E-state index >= 15 is 0 Å². The van der Waals surface area contributed by atoms with Crippen LogP contribution in [0.3, 0.4) is 0 Å². The standard InChI is InChI=1S/C14H18ClN3/c1-4-9-14(2,3)16-13-11-8-6-5-7-10(11)12(15)17-18-13/h5-8H,4,9H2,1-3H3,(H,16,18). The van der Waals surface area contributed by atoms with Crippen LogP contribution in [0, 0.1) is 0 Å². The lowest BCUT2D eigenvalue weighted by Crippen LogP contribution is -2.31. The van der Waals surface area contributed by atoms with E-state index in [9.17, 15) is 0 Å². The molecule has 1 aromatic carbocycles. The van der Waals surface area contributed by atoms with Crippen molar-refractivity contribution in [1.82, 2.24) is 10.2 Å². The quantitative estimate of drug-likeness (QED) is 0.895. The highest BCUT2D eigenvalue weighted by molar-refractivity contribution is 6.34. The summed E-state index contributed by atoms with van der Waals surface area (Å²) in [5, 5.41) is 14.0. The molecule has 0 aliphatic carbocycles. The fourth-order valence-electron chi connectivity index (χ4n) is 2.17. The number of anilines is 1. The van der Waals surface area contributed by atoms with E-state index in [1.165, 1.54) is 0 Å². The number of aromatic nitrogens is 2. The molecule has 18 heavy (non-hydrogen) atoms. The molecule has 0 fully saturated rings. The number of nitrogens with zero attached hydrogens (tertiary/aromatic N) is 2. The minimum absolute atomic E-state index is 0.0000307. The normalized spacial score (nSPS) is 11.8. The zero-order valence-corrected chi connectivity index (χ0v) is 11.8. The SMILES string of the molecule is CCCC(C)(C)Nc1nnc(Cl)c2ccccc12. The lowest BCUT2D eigenvalue weighted by Gasteiger charge is -2.26. The number of hydrogen-bond donors (Lipinski definition) is 1. The zero-order valence-electron chi connectivity index (χ0n) is 11.0. The van der Waals surface area contributed by atoms with Gasteiger partial charge in [-0.2, -0.15) is 0 Å². The summed E-state index contributed by atoms with van der Waals surface area (Å²) in [4.78, 5) is 0. The smallest absolute Gasteiger partial charge is 0.159 e. The van der Waals surface area contributed by atoms with Crippen LogP contribution in [-0.4, -0.2) is 15.7 Å². The molecular weight excluding hydrogens is 246 g/mol. The van der Waals surface area contributed by atoms with E-state index in [0.29, 0.717) is 5.15 Å². The largest absolute Gasteiger partial charge is 0.363 e. The number of hydrogen-bond acceptors (Lipinski definition) is 3. The highest BCUT2D eigenvalue weighted by Gasteiger charge is 2.18. The Labute approximate surface area is 113 Å². The molecule has 0 amide bonds. The van der Waals surface area contributed by atoms with E-state index in [1.54, 1.807) is 0 Å². The molecule has 1 heterocycles. The van der Waals surface area contributed by atoms with Crippen LogP contribution in [0.5, 0.6) is 0 Å². The van der Waals surface area contributed by atoms with Gasteiger partial charge in [-0.15, -0.1) is 10.2 Å². The zero-order chi connectivity index (χ0) is 13.2. The Morgan fingerprint density at radius 2 is 1.83 bits per heavy atom. The average molecular weight is 264 g/mol. The first-order valence-electron chi connectivity index (χ1n) is 6.22. The molecule has 0 radical (unpaired) electrons. The van der Waals surface area contributed by atoms with Crippen LogP contribution in [-0.2, 0) is 0 Å². The van der Waals surface area contributed by atoms with E-state index in [1.807, 2.05) is 24.3 Å². The highest BCUT2D eigenvalue weighted by atomic mass is 35.5. The number of fused-ring (bicyclic) bond motifs is 1. The van der Waals surface area contributed by atoms with Crippen LogP contribution < -0.4 is 5.32 Å². The van der Waals surface area contributed by atoms with Gasteiger partial charge < -0.3 is 5.32 Å². The van der Waals surface area contributed by atoms with Crippen molar-refractivity contribution < 1.29 is 0 Å². The van der Waals surface area contributed by atoms with Crippen LogP contribution in [0.15, 0.2) is 24.3 Å². The van der Waals surface area contributed by atoms with Crippen molar-refractivity contribution in [2.24, 2.45) is 0 Å². The van der Waals surface area contributed by atoms with E-state index < -0.39 is 0 Å². The maximum atomic E-state index is 6.06. The van der Waals surface area contributed by atoms with Crippen molar-refractivity contribution >= 4 is 28.2 Å². The summed E-state index contributed by atoms with van der Waals surface area (Å²) in [6.07, 6.45) is 2.20. The highest BCUT2D eigenvalue weighted by Crippen LogP contribution is 2.28. The van der Waals surface area contributed by atoms with Crippen molar-refractivity contribution in [3.63, 3.8) is 0 Å². The molecule has 0 spiro atoms. The second kappa shape index (κ2) is 5.11. The molecule has 2 aromatic rings. The summed E-state index contributed by atoms with van der Waals surface area (Å²) in [6.45, 7) is 6.51. The summed E-state index contributed by atoms with van der Waals surface area (Å²) in [6, 6.07) is 7.92. The van der Waals surface area contributed by atoms with Gasteiger partial charge in [0.25, 0.3) is 0 Å². The molecule has 96 valence electrons. The Hall–Kier alpha value is -1.35. The summed E-state index contributed by atoms with van der Waals surface area (Å²) >= 11 is 6.06. The molecule has 0 atom stereocenters. The summed E-state index contributed by atoms with van der Waals surface area (Å²) in [7, 11) is 0. The Morgan fingerprint density at radius 3 is 2.50 bits per heavy atom. The summed E-state index contributed by atoms with van der Waals surface area (Å²) < 4.78 is 0.